The average Bonchev–Trinajstić information content (AvgIpc) is 2.72. The second-order valence-corrected chi connectivity index (χ2v) is 4.72. The van der Waals surface area contributed by atoms with Crippen LogP contribution in [-0.2, 0) is 4.79 Å². The second-order valence-electron chi connectivity index (χ2n) is 3.62. The number of nitro benzene ring substituents is 1. The third kappa shape index (κ3) is 2.28. The summed E-state index contributed by atoms with van der Waals surface area (Å²) in [6.45, 7) is 1.37. The van der Waals surface area contributed by atoms with Gasteiger partial charge in [-0.05, 0) is 5.56 Å². The van der Waals surface area contributed by atoms with Crippen LogP contribution in [-0.4, -0.2) is 21.0 Å². The number of benzene rings is 1. The van der Waals surface area contributed by atoms with Crippen LogP contribution in [0, 0.1) is 10.1 Å². The Morgan fingerprint density at radius 3 is 2.94 bits per heavy atom. The van der Waals surface area contributed by atoms with Gasteiger partial charge in [-0.1, -0.05) is 23.9 Å². The molecule has 0 bridgehead atoms. The fourth-order valence-corrected chi connectivity index (χ4v) is 2.53. The molecule has 0 radical (unpaired) electrons. The van der Waals surface area contributed by atoms with Crippen LogP contribution in [0.1, 0.15) is 17.9 Å². The third-order valence-corrected chi connectivity index (χ3v) is 3.37. The maximum absolute atomic E-state index is 11.4. The first-order chi connectivity index (χ1) is 8.49. The van der Waals surface area contributed by atoms with Crippen molar-refractivity contribution in [3.8, 4) is 0 Å². The topological polar surface area (TPSA) is 102 Å². The fourth-order valence-electron chi connectivity index (χ4n) is 1.58. The van der Waals surface area contributed by atoms with Crippen LogP contribution in [0.25, 0.3) is 0 Å². The number of amidine groups is 1. The number of nitrogens with two attached hydrogens (primary N) is 1. The van der Waals surface area contributed by atoms with Crippen LogP contribution >= 0.6 is 11.8 Å². The van der Waals surface area contributed by atoms with E-state index in [9.17, 15) is 14.9 Å². The first kappa shape index (κ1) is 12.4. The summed E-state index contributed by atoms with van der Waals surface area (Å²) < 4.78 is 0. The first-order valence-corrected chi connectivity index (χ1v) is 5.92. The van der Waals surface area contributed by atoms with Gasteiger partial charge in [0.25, 0.3) is 5.69 Å². The number of hydrogen-bond acceptors (Lipinski definition) is 6. The van der Waals surface area contributed by atoms with Crippen molar-refractivity contribution in [2.45, 2.75) is 12.3 Å². The Balaban J connectivity index is 2.34. The van der Waals surface area contributed by atoms with E-state index < -0.39 is 10.3 Å². The van der Waals surface area contributed by atoms with Crippen molar-refractivity contribution in [1.29, 1.82) is 0 Å². The summed E-state index contributed by atoms with van der Waals surface area (Å²) in [5, 5.41) is 15.6. The number of rotatable bonds is 2. The zero-order valence-electron chi connectivity index (χ0n) is 9.44. The van der Waals surface area contributed by atoms with Crippen LogP contribution in [0.15, 0.2) is 29.4 Å². The molecule has 0 aromatic heterocycles. The van der Waals surface area contributed by atoms with E-state index in [1.54, 1.807) is 12.1 Å². The molecule has 1 aromatic carbocycles. The summed E-state index contributed by atoms with van der Waals surface area (Å²) >= 11 is 1.19. The van der Waals surface area contributed by atoms with Crippen LogP contribution < -0.4 is 5.73 Å². The standard InChI is InChI=1S/C10H10N4O3S/c1-6(15)13-9(18-10(11)12-13)7-3-2-4-8(5-7)14(16)17/h2-5,9H,1H3,(H2,11,12). The number of carbonyl (C=O) groups is 1. The van der Waals surface area contributed by atoms with Crippen molar-refractivity contribution in [3.05, 3.63) is 39.9 Å². The monoisotopic (exact) mass is 266 g/mol. The number of amides is 1. The zero-order valence-corrected chi connectivity index (χ0v) is 10.3. The lowest BCUT2D eigenvalue weighted by molar-refractivity contribution is -0.384. The molecule has 1 atom stereocenters. The van der Waals surface area contributed by atoms with Gasteiger partial charge in [-0.2, -0.15) is 0 Å². The molecule has 8 heteroatoms. The molecule has 1 aromatic rings. The SMILES string of the molecule is CC(=O)N1N=C(N)SC1c1cccc([N+](=O)[O-])c1. The van der Waals surface area contributed by atoms with Crippen LogP contribution in [0.5, 0.6) is 0 Å². The molecule has 18 heavy (non-hydrogen) atoms. The Hall–Kier alpha value is -2.09. The molecule has 1 amide bonds. The largest absolute Gasteiger partial charge is 0.377 e. The van der Waals surface area contributed by atoms with Gasteiger partial charge in [0.05, 0.1) is 4.92 Å². The molecule has 1 aliphatic heterocycles. The predicted octanol–water partition coefficient (Wildman–Crippen LogP) is 1.42. The average molecular weight is 266 g/mol. The normalized spacial score (nSPS) is 18.6. The smallest absolute Gasteiger partial charge is 0.269 e. The van der Waals surface area contributed by atoms with Crippen molar-refractivity contribution in [2.24, 2.45) is 10.8 Å². The summed E-state index contributed by atoms with van der Waals surface area (Å²) in [6.07, 6.45) is 0. The van der Waals surface area contributed by atoms with Gasteiger partial charge in [-0.25, -0.2) is 5.01 Å². The highest BCUT2D eigenvalue weighted by Gasteiger charge is 2.31. The van der Waals surface area contributed by atoms with Crippen LogP contribution in [0.4, 0.5) is 5.69 Å². The molecule has 1 unspecified atom stereocenters. The molecule has 0 saturated heterocycles. The number of carbonyl (C=O) groups excluding carboxylic acids is 1. The molecular formula is C10H10N4O3S. The highest BCUT2D eigenvalue weighted by Crippen LogP contribution is 2.38. The van der Waals surface area contributed by atoms with Gasteiger partial charge in [0.1, 0.15) is 5.37 Å². The lowest BCUT2D eigenvalue weighted by atomic mass is 10.2. The molecule has 2 rings (SSSR count). The van der Waals surface area contributed by atoms with E-state index in [1.807, 2.05) is 0 Å². The van der Waals surface area contributed by atoms with Crippen molar-refractivity contribution in [2.75, 3.05) is 0 Å². The highest BCUT2D eigenvalue weighted by atomic mass is 32.2. The van der Waals surface area contributed by atoms with E-state index in [1.165, 1.54) is 35.8 Å². The second kappa shape index (κ2) is 4.65. The van der Waals surface area contributed by atoms with Gasteiger partial charge in [0, 0.05) is 19.1 Å². The summed E-state index contributed by atoms with van der Waals surface area (Å²) in [4.78, 5) is 21.6. The molecule has 7 nitrogen and oxygen atoms in total. The van der Waals surface area contributed by atoms with Crippen molar-refractivity contribution in [3.63, 3.8) is 0 Å². The van der Waals surface area contributed by atoms with E-state index in [2.05, 4.69) is 5.10 Å². The lowest BCUT2D eigenvalue weighted by Crippen LogP contribution is -2.23. The van der Waals surface area contributed by atoms with E-state index in [0.29, 0.717) is 5.56 Å². The maximum atomic E-state index is 11.4. The van der Waals surface area contributed by atoms with Gasteiger partial charge in [-0.3, -0.25) is 14.9 Å². The van der Waals surface area contributed by atoms with Gasteiger partial charge >= 0.3 is 0 Å². The number of non-ortho nitro benzene ring substituents is 1. The summed E-state index contributed by atoms with van der Waals surface area (Å²) in [6, 6.07) is 6.09. The minimum absolute atomic E-state index is 0.0259. The van der Waals surface area contributed by atoms with E-state index in [-0.39, 0.29) is 16.8 Å². The summed E-state index contributed by atoms with van der Waals surface area (Å²) in [5.41, 5.74) is 6.17. The van der Waals surface area contributed by atoms with Crippen molar-refractivity contribution in [1.82, 2.24) is 5.01 Å². The molecule has 0 saturated carbocycles. The number of thioether (sulfide) groups is 1. The number of hydrogen-bond donors (Lipinski definition) is 1. The molecule has 0 spiro atoms. The van der Waals surface area contributed by atoms with Crippen LogP contribution in [0.3, 0.4) is 0 Å². The molecule has 1 aliphatic rings. The molecule has 2 N–H and O–H groups in total. The Morgan fingerprint density at radius 1 is 1.61 bits per heavy atom. The summed E-state index contributed by atoms with van der Waals surface area (Å²) in [5.74, 6) is -0.264. The van der Waals surface area contributed by atoms with Gasteiger partial charge < -0.3 is 5.73 Å². The minimum Gasteiger partial charge on any atom is -0.377 e. The Labute approximate surface area is 107 Å². The fraction of sp³-hybridized carbons (Fsp3) is 0.200. The quantitative estimate of drug-likeness (QED) is 0.644. The molecule has 1 heterocycles. The molecular weight excluding hydrogens is 256 g/mol. The van der Waals surface area contributed by atoms with Gasteiger partial charge in [0.15, 0.2) is 5.17 Å². The Bertz CT molecular complexity index is 546. The first-order valence-electron chi connectivity index (χ1n) is 5.04. The van der Waals surface area contributed by atoms with E-state index in [4.69, 9.17) is 5.73 Å². The molecule has 0 fully saturated rings. The molecule has 0 aliphatic carbocycles. The van der Waals surface area contributed by atoms with Gasteiger partial charge in [0.2, 0.25) is 5.91 Å². The number of hydrazone groups is 1. The zero-order chi connectivity index (χ0) is 13.3. The van der Waals surface area contributed by atoms with Crippen molar-refractivity contribution < 1.29 is 9.72 Å². The highest BCUT2D eigenvalue weighted by molar-refractivity contribution is 8.14. The number of nitrogens with zero attached hydrogens (tertiary/aromatic N) is 3. The number of nitro groups is 1. The third-order valence-electron chi connectivity index (χ3n) is 2.35. The molecule has 94 valence electrons. The predicted molar refractivity (Wildman–Crippen MR) is 67.6 cm³/mol. The maximum Gasteiger partial charge on any atom is 0.269 e. The van der Waals surface area contributed by atoms with Crippen LogP contribution in [0.2, 0.25) is 0 Å². The Kier molecular flexibility index (Phi) is 3.19. The Morgan fingerprint density at radius 2 is 2.33 bits per heavy atom. The lowest BCUT2D eigenvalue weighted by Gasteiger charge is -2.18. The van der Waals surface area contributed by atoms with Crippen molar-refractivity contribution >= 4 is 28.5 Å². The van der Waals surface area contributed by atoms with E-state index >= 15 is 0 Å². The van der Waals surface area contributed by atoms with Gasteiger partial charge in [-0.15, -0.1) is 5.10 Å². The minimum atomic E-state index is -0.481. The summed E-state index contributed by atoms with van der Waals surface area (Å²) in [7, 11) is 0. The van der Waals surface area contributed by atoms with E-state index in [0.717, 1.165) is 0 Å².